The van der Waals surface area contributed by atoms with Crippen LogP contribution in [0.3, 0.4) is 0 Å². The van der Waals surface area contributed by atoms with E-state index in [1.807, 2.05) is 0 Å². The minimum absolute atomic E-state index is 0.269. The maximum Gasteiger partial charge on any atom is 0.296 e. The summed E-state index contributed by atoms with van der Waals surface area (Å²) in [6.45, 7) is 0. The smallest absolute Gasteiger partial charge is 0.296 e. The Balaban J connectivity index is 2.10. The zero-order chi connectivity index (χ0) is 15.2. The molecule has 0 saturated heterocycles. The number of hydrogen-bond donors (Lipinski definition) is 2. The summed E-state index contributed by atoms with van der Waals surface area (Å²) in [5.41, 5.74) is 0.793. The summed E-state index contributed by atoms with van der Waals surface area (Å²) in [7, 11) is 0. The van der Waals surface area contributed by atoms with Gasteiger partial charge in [0.25, 0.3) is 5.91 Å². The molecule has 106 valence electrons. The van der Waals surface area contributed by atoms with Crippen LogP contribution in [0.5, 0.6) is 0 Å². The molecule has 0 heterocycles. The molecule has 1 amide bonds. The molecule has 2 rings (SSSR count). The average Bonchev–Trinajstić information content (AvgIpc) is 2.50. The summed E-state index contributed by atoms with van der Waals surface area (Å²) in [6.07, 6.45) is 0.876. The predicted molar refractivity (Wildman–Crippen MR) is 82.1 cm³/mol. The summed E-state index contributed by atoms with van der Waals surface area (Å²) in [4.78, 5) is 23.5. The molecule has 2 N–H and O–H groups in total. The van der Waals surface area contributed by atoms with Gasteiger partial charge in [-0.25, -0.2) is 0 Å². The third-order valence-corrected chi connectivity index (χ3v) is 3.01. The van der Waals surface area contributed by atoms with Crippen molar-refractivity contribution >= 4 is 34.7 Å². The number of carbonyl (C=O) groups is 2. The standard InChI is InChI=1S/C16H12ClNO3/c17-12-8-4-5-9-13(12)18-16(21)15(20)10-14(19)11-6-2-1-3-7-11/h1-10,19H,(H,18,21). The lowest BCUT2D eigenvalue weighted by Crippen LogP contribution is -2.21. The number of rotatable bonds is 4. The van der Waals surface area contributed by atoms with Gasteiger partial charge < -0.3 is 10.4 Å². The monoisotopic (exact) mass is 301 g/mol. The maximum atomic E-state index is 11.8. The average molecular weight is 302 g/mol. The molecule has 2 aromatic rings. The number of anilines is 1. The Labute approximate surface area is 126 Å². The molecule has 4 nitrogen and oxygen atoms in total. The van der Waals surface area contributed by atoms with Crippen LogP contribution in [-0.4, -0.2) is 16.8 Å². The van der Waals surface area contributed by atoms with Crippen LogP contribution in [0.1, 0.15) is 5.56 Å². The molecule has 0 radical (unpaired) electrons. The van der Waals surface area contributed by atoms with Crippen LogP contribution in [0.25, 0.3) is 5.76 Å². The van der Waals surface area contributed by atoms with Gasteiger partial charge in [-0.05, 0) is 12.1 Å². The second-order valence-electron chi connectivity index (χ2n) is 4.19. The molecule has 0 saturated carbocycles. The van der Waals surface area contributed by atoms with Crippen LogP contribution in [0.2, 0.25) is 5.02 Å². The van der Waals surface area contributed by atoms with E-state index >= 15 is 0 Å². The normalized spacial score (nSPS) is 11.0. The molecule has 0 aliphatic rings. The van der Waals surface area contributed by atoms with E-state index < -0.39 is 11.7 Å². The van der Waals surface area contributed by atoms with Crippen molar-refractivity contribution in [3.8, 4) is 0 Å². The summed E-state index contributed by atoms with van der Waals surface area (Å²) in [6, 6.07) is 15.0. The molecular weight excluding hydrogens is 290 g/mol. The molecule has 21 heavy (non-hydrogen) atoms. The van der Waals surface area contributed by atoms with Crippen LogP contribution in [0.15, 0.2) is 60.7 Å². The molecule has 0 bridgehead atoms. The lowest BCUT2D eigenvalue weighted by atomic mass is 10.1. The van der Waals surface area contributed by atoms with Gasteiger partial charge in [-0.15, -0.1) is 0 Å². The number of aliphatic hydroxyl groups excluding tert-OH is 1. The van der Waals surface area contributed by atoms with E-state index in [2.05, 4.69) is 5.32 Å². The van der Waals surface area contributed by atoms with Crippen LogP contribution in [0, 0.1) is 0 Å². The van der Waals surface area contributed by atoms with Crippen molar-refractivity contribution in [2.45, 2.75) is 0 Å². The number of ketones is 1. The van der Waals surface area contributed by atoms with Gasteiger partial charge in [-0.1, -0.05) is 54.1 Å². The molecule has 0 atom stereocenters. The molecule has 0 fully saturated rings. The molecule has 0 spiro atoms. The number of amides is 1. The number of nitrogens with one attached hydrogen (secondary N) is 1. The highest BCUT2D eigenvalue weighted by Crippen LogP contribution is 2.20. The van der Waals surface area contributed by atoms with Gasteiger partial charge in [-0.3, -0.25) is 9.59 Å². The van der Waals surface area contributed by atoms with E-state index in [0.29, 0.717) is 16.3 Å². The SMILES string of the molecule is O=C(C=C(O)c1ccccc1)C(=O)Nc1ccccc1Cl. The van der Waals surface area contributed by atoms with Crippen molar-refractivity contribution in [2.75, 3.05) is 5.32 Å². The van der Waals surface area contributed by atoms with Gasteiger partial charge in [0, 0.05) is 11.6 Å². The van der Waals surface area contributed by atoms with Crippen LogP contribution in [-0.2, 0) is 9.59 Å². The summed E-state index contributed by atoms with van der Waals surface area (Å²) < 4.78 is 0. The Morgan fingerprint density at radius 3 is 2.29 bits per heavy atom. The topological polar surface area (TPSA) is 66.4 Å². The van der Waals surface area contributed by atoms with E-state index in [4.69, 9.17) is 11.6 Å². The van der Waals surface area contributed by atoms with Crippen molar-refractivity contribution in [1.29, 1.82) is 0 Å². The van der Waals surface area contributed by atoms with E-state index in [1.165, 1.54) is 0 Å². The first-order valence-electron chi connectivity index (χ1n) is 6.14. The first-order valence-corrected chi connectivity index (χ1v) is 6.51. The van der Waals surface area contributed by atoms with Gasteiger partial charge in [0.1, 0.15) is 5.76 Å². The summed E-state index contributed by atoms with van der Waals surface area (Å²) >= 11 is 5.88. The van der Waals surface area contributed by atoms with E-state index in [-0.39, 0.29) is 5.76 Å². The molecule has 5 heteroatoms. The fourth-order valence-corrected chi connectivity index (χ4v) is 1.81. The summed E-state index contributed by atoms with van der Waals surface area (Å²) in [5, 5.41) is 12.5. The quantitative estimate of drug-likeness (QED) is 0.516. The number of halogens is 1. The number of aliphatic hydroxyl groups is 1. The predicted octanol–water partition coefficient (Wildman–Crippen LogP) is 3.45. The second-order valence-corrected chi connectivity index (χ2v) is 4.60. The van der Waals surface area contributed by atoms with Gasteiger partial charge in [0.15, 0.2) is 0 Å². The summed E-state index contributed by atoms with van der Waals surface area (Å²) in [5.74, 6) is -2.00. The first-order chi connectivity index (χ1) is 10.1. The highest BCUT2D eigenvalue weighted by Gasteiger charge is 2.14. The second kappa shape index (κ2) is 6.72. The van der Waals surface area contributed by atoms with E-state index in [0.717, 1.165) is 6.08 Å². The van der Waals surface area contributed by atoms with Crippen LogP contribution >= 0.6 is 11.6 Å². The molecule has 0 aliphatic heterocycles. The molecule has 2 aromatic carbocycles. The Bertz CT molecular complexity index is 696. The number of para-hydroxylation sites is 1. The van der Waals surface area contributed by atoms with Gasteiger partial charge in [0.2, 0.25) is 5.78 Å². The van der Waals surface area contributed by atoms with E-state index in [1.54, 1.807) is 54.6 Å². The lowest BCUT2D eigenvalue weighted by Gasteiger charge is -2.05. The van der Waals surface area contributed by atoms with E-state index in [9.17, 15) is 14.7 Å². The number of hydrogen-bond acceptors (Lipinski definition) is 3. The van der Waals surface area contributed by atoms with Gasteiger partial charge in [-0.2, -0.15) is 0 Å². The zero-order valence-corrected chi connectivity index (χ0v) is 11.7. The molecule has 0 aliphatic carbocycles. The minimum Gasteiger partial charge on any atom is -0.507 e. The van der Waals surface area contributed by atoms with Crippen molar-refractivity contribution in [1.82, 2.24) is 0 Å². The van der Waals surface area contributed by atoms with Gasteiger partial charge >= 0.3 is 0 Å². The third kappa shape index (κ3) is 3.94. The van der Waals surface area contributed by atoms with Crippen LogP contribution in [0.4, 0.5) is 5.69 Å². The zero-order valence-electron chi connectivity index (χ0n) is 10.9. The molecule has 0 unspecified atom stereocenters. The van der Waals surface area contributed by atoms with Crippen molar-refractivity contribution in [3.63, 3.8) is 0 Å². The fourth-order valence-electron chi connectivity index (χ4n) is 1.63. The first kappa shape index (κ1) is 14.8. The lowest BCUT2D eigenvalue weighted by molar-refractivity contribution is -0.131. The molecular formula is C16H12ClNO3. The third-order valence-electron chi connectivity index (χ3n) is 2.68. The maximum absolute atomic E-state index is 11.8. The largest absolute Gasteiger partial charge is 0.507 e. The fraction of sp³-hybridized carbons (Fsp3) is 0. The van der Waals surface area contributed by atoms with Crippen LogP contribution < -0.4 is 5.32 Å². The number of benzene rings is 2. The molecule has 0 aromatic heterocycles. The highest BCUT2D eigenvalue weighted by atomic mass is 35.5. The Morgan fingerprint density at radius 2 is 1.62 bits per heavy atom. The Kier molecular flexibility index (Phi) is 4.74. The highest BCUT2D eigenvalue weighted by molar-refractivity contribution is 6.46. The Morgan fingerprint density at radius 1 is 1.00 bits per heavy atom. The van der Waals surface area contributed by atoms with Gasteiger partial charge in [0.05, 0.1) is 10.7 Å². The van der Waals surface area contributed by atoms with Crippen molar-refractivity contribution in [2.24, 2.45) is 0 Å². The Hall–Kier alpha value is -2.59. The number of carbonyl (C=O) groups excluding carboxylic acids is 2. The van der Waals surface area contributed by atoms with Crippen molar-refractivity contribution in [3.05, 3.63) is 71.3 Å². The van der Waals surface area contributed by atoms with Crippen molar-refractivity contribution < 1.29 is 14.7 Å². The minimum atomic E-state index is -0.870.